The first-order valence-corrected chi connectivity index (χ1v) is 6.82. The minimum absolute atomic E-state index is 0.706. The number of nitrogens with one attached hydrogen (secondary N) is 1. The molecular formula is C14H22ClN3. The quantitative estimate of drug-likeness (QED) is 0.733. The van der Waals surface area contributed by atoms with Crippen LogP contribution in [0.25, 0.3) is 0 Å². The lowest BCUT2D eigenvalue weighted by molar-refractivity contribution is 0.706. The molecule has 0 aliphatic carbocycles. The Bertz CT molecular complexity index is 379. The minimum atomic E-state index is 0.706. The molecule has 100 valence electrons. The maximum absolute atomic E-state index is 6.15. The van der Waals surface area contributed by atoms with Gasteiger partial charge >= 0.3 is 0 Å². The van der Waals surface area contributed by atoms with Crippen molar-refractivity contribution in [2.45, 2.75) is 26.8 Å². The van der Waals surface area contributed by atoms with Crippen LogP contribution in [0.5, 0.6) is 0 Å². The molecule has 0 saturated carbocycles. The summed E-state index contributed by atoms with van der Waals surface area (Å²) in [5.74, 6) is 0.967. The summed E-state index contributed by atoms with van der Waals surface area (Å²) >= 11 is 6.15. The molecule has 0 aliphatic heterocycles. The highest BCUT2D eigenvalue weighted by molar-refractivity contribution is 6.31. The smallest absolute Gasteiger partial charge is 0.129 e. The Labute approximate surface area is 115 Å². The molecule has 1 aromatic heterocycles. The maximum Gasteiger partial charge on any atom is 0.129 e. The summed E-state index contributed by atoms with van der Waals surface area (Å²) in [6.45, 7) is 11.4. The van der Waals surface area contributed by atoms with Gasteiger partial charge in [0.05, 0.1) is 10.7 Å². The molecule has 0 bridgehead atoms. The highest BCUT2D eigenvalue weighted by Gasteiger charge is 2.08. The number of hydrogen-bond donors (Lipinski definition) is 1. The summed E-state index contributed by atoms with van der Waals surface area (Å²) in [5, 5.41) is 3.97. The second-order valence-corrected chi connectivity index (χ2v) is 4.52. The molecule has 4 heteroatoms. The van der Waals surface area contributed by atoms with E-state index in [4.69, 9.17) is 11.6 Å². The monoisotopic (exact) mass is 267 g/mol. The number of nitrogens with zero attached hydrogens (tertiary/aromatic N) is 2. The van der Waals surface area contributed by atoms with Crippen molar-refractivity contribution >= 4 is 17.4 Å². The second-order valence-electron chi connectivity index (χ2n) is 4.11. The number of pyridine rings is 1. The average Bonchev–Trinajstić information content (AvgIpc) is 2.38. The van der Waals surface area contributed by atoms with Gasteiger partial charge in [-0.25, -0.2) is 4.98 Å². The molecule has 0 aliphatic rings. The fourth-order valence-electron chi connectivity index (χ4n) is 1.74. The zero-order chi connectivity index (χ0) is 13.4. The van der Waals surface area contributed by atoms with Crippen molar-refractivity contribution in [3.63, 3.8) is 0 Å². The van der Waals surface area contributed by atoms with E-state index in [9.17, 15) is 0 Å². The molecule has 0 spiro atoms. The molecule has 0 fully saturated rings. The molecule has 0 saturated heterocycles. The van der Waals surface area contributed by atoms with Crippen LogP contribution in [0.15, 0.2) is 24.8 Å². The van der Waals surface area contributed by atoms with Crippen molar-refractivity contribution in [2.75, 3.05) is 24.5 Å². The van der Waals surface area contributed by atoms with Gasteiger partial charge in [-0.1, -0.05) is 31.5 Å². The van der Waals surface area contributed by atoms with Crippen molar-refractivity contribution in [1.82, 2.24) is 10.3 Å². The van der Waals surface area contributed by atoms with Gasteiger partial charge in [0, 0.05) is 19.6 Å². The van der Waals surface area contributed by atoms with Crippen LogP contribution < -0.4 is 10.2 Å². The zero-order valence-corrected chi connectivity index (χ0v) is 12.0. The third kappa shape index (κ3) is 4.31. The fraction of sp³-hybridized carbons (Fsp3) is 0.500. The van der Waals surface area contributed by atoms with Crippen LogP contribution in [-0.4, -0.2) is 24.6 Å². The van der Waals surface area contributed by atoms with Crippen molar-refractivity contribution in [3.8, 4) is 0 Å². The first-order valence-electron chi connectivity index (χ1n) is 6.44. The normalized spacial score (nSPS) is 10.4. The molecule has 0 amide bonds. The zero-order valence-electron chi connectivity index (χ0n) is 11.2. The summed E-state index contributed by atoms with van der Waals surface area (Å²) in [6.07, 6.45) is 2.98. The first-order chi connectivity index (χ1) is 8.72. The van der Waals surface area contributed by atoms with Gasteiger partial charge in [-0.15, -0.1) is 6.58 Å². The molecular weight excluding hydrogens is 246 g/mol. The maximum atomic E-state index is 6.15. The number of anilines is 1. The number of halogens is 1. The van der Waals surface area contributed by atoms with E-state index in [0.717, 1.165) is 42.6 Å². The van der Waals surface area contributed by atoms with Crippen LogP contribution in [0.1, 0.15) is 26.0 Å². The van der Waals surface area contributed by atoms with Crippen LogP contribution in [0.2, 0.25) is 5.02 Å². The van der Waals surface area contributed by atoms with E-state index in [1.807, 2.05) is 18.2 Å². The van der Waals surface area contributed by atoms with Crippen LogP contribution in [0.3, 0.4) is 0 Å². The lowest BCUT2D eigenvalue weighted by Gasteiger charge is -2.22. The Hall–Kier alpha value is -1.06. The Balaban J connectivity index is 2.89. The molecule has 0 unspecified atom stereocenters. The third-order valence-electron chi connectivity index (χ3n) is 2.61. The largest absolute Gasteiger partial charge is 0.353 e. The van der Waals surface area contributed by atoms with E-state index in [1.54, 1.807) is 0 Å². The molecule has 1 aromatic rings. The van der Waals surface area contributed by atoms with Gasteiger partial charge in [0.2, 0.25) is 0 Å². The van der Waals surface area contributed by atoms with Gasteiger partial charge in [-0.3, -0.25) is 0 Å². The van der Waals surface area contributed by atoms with Crippen molar-refractivity contribution in [1.29, 1.82) is 0 Å². The molecule has 0 radical (unpaired) electrons. The van der Waals surface area contributed by atoms with E-state index in [-0.39, 0.29) is 0 Å². The molecule has 0 aromatic carbocycles. The Morgan fingerprint density at radius 3 is 2.83 bits per heavy atom. The van der Waals surface area contributed by atoms with Gasteiger partial charge in [-0.2, -0.15) is 0 Å². The summed E-state index contributed by atoms with van der Waals surface area (Å²) in [5.41, 5.74) is 0.904. The van der Waals surface area contributed by atoms with E-state index in [1.165, 1.54) is 0 Å². The van der Waals surface area contributed by atoms with Crippen LogP contribution in [-0.2, 0) is 6.54 Å². The highest BCUT2D eigenvalue weighted by Crippen LogP contribution is 2.19. The van der Waals surface area contributed by atoms with E-state index < -0.39 is 0 Å². The topological polar surface area (TPSA) is 28.2 Å². The Kier molecular flexibility index (Phi) is 6.76. The van der Waals surface area contributed by atoms with Gasteiger partial charge in [0.25, 0.3) is 0 Å². The Morgan fingerprint density at radius 2 is 2.22 bits per heavy atom. The van der Waals surface area contributed by atoms with Crippen LogP contribution in [0.4, 0.5) is 5.82 Å². The number of aromatic nitrogens is 1. The molecule has 1 N–H and O–H groups in total. The van der Waals surface area contributed by atoms with E-state index in [2.05, 4.69) is 35.6 Å². The molecule has 1 heterocycles. The van der Waals surface area contributed by atoms with Gasteiger partial charge in [0.1, 0.15) is 5.82 Å². The van der Waals surface area contributed by atoms with Gasteiger partial charge in [0.15, 0.2) is 0 Å². The lowest BCUT2D eigenvalue weighted by Crippen LogP contribution is -2.25. The van der Waals surface area contributed by atoms with E-state index >= 15 is 0 Å². The summed E-state index contributed by atoms with van der Waals surface area (Å²) < 4.78 is 0. The molecule has 1 rings (SSSR count). The second kappa shape index (κ2) is 8.11. The molecule has 0 atom stereocenters. The summed E-state index contributed by atoms with van der Waals surface area (Å²) in [7, 11) is 0. The van der Waals surface area contributed by atoms with Crippen molar-refractivity contribution in [2.24, 2.45) is 0 Å². The Morgan fingerprint density at radius 1 is 1.44 bits per heavy atom. The van der Waals surface area contributed by atoms with E-state index in [0.29, 0.717) is 6.54 Å². The van der Waals surface area contributed by atoms with Crippen molar-refractivity contribution < 1.29 is 0 Å². The predicted molar refractivity (Wildman–Crippen MR) is 79.3 cm³/mol. The third-order valence-corrected chi connectivity index (χ3v) is 2.96. The number of hydrogen-bond acceptors (Lipinski definition) is 3. The summed E-state index contributed by atoms with van der Waals surface area (Å²) in [6, 6.07) is 3.89. The molecule has 18 heavy (non-hydrogen) atoms. The SMILES string of the molecule is C=CCN(CCC)c1ccc(Cl)c(CNCC)n1. The predicted octanol–water partition coefficient (Wildman–Crippen LogP) is 3.25. The standard InChI is InChI=1S/C14H22ClN3/c1-4-9-18(10-5-2)14-8-7-12(15)13(17-14)11-16-6-3/h4,7-8,16H,1,5-6,9-11H2,2-3H3. The summed E-state index contributed by atoms with van der Waals surface area (Å²) in [4.78, 5) is 6.84. The highest BCUT2D eigenvalue weighted by atomic mass is 35.5. The fourth-order valence-corrected chi connectivity index (χ4v) is 1.91. The lowest BCUT2D eigenvalue weighted by atomic mass is 10.3. The van der Waals surface area contributed by atoms with Crippen LogP contribution in [0, 0.1) is 0 Å². The van der Waals surface area contributed by atoms with Crippen LogP contribution >= 0.6 is 11.6 Å². The number of rotatable bonds is 8. The van der Waals surface area contributed by atoms with Crippen molar-refractivity contribution in [3.05, 3.63) is 35.5 Å². The minimum Gasteiger partial charge on any atom is -0.353 e. The first kappa shape index (κ1) is 15.0. The van der Waals surface area contributed by atoms with Gasteiger partial charge < -0.3 is 10.2 Å². The molecule has 3 nitrogen and oxygen atoms in total. The average molecular weight is 268 g/mol. The van der Waals surface area contributed by atoms with Gasteiger partial charge in [-0.05, 0) is 25.1 Å².